The highest BCUT2D eigenvalue weighted by molar-refractivity contribution is 6.06. The lowest BCUT2D eigenvalue weighted by Crippen LogP contribution is -2.37. The first-order valence-corrected chi connectivity index (χ1v) is 8.01. The van der Waals surface area contributed by atoms with Crippen molar-refractivity contribution in [2.45, 2.75) is 6.54 Å². The van der Waals surface area contributed by atoms with E-state index in [0.29, 0.717) is 0 Å². The molecular formula is C19H19FN4O3. The number of rotatable bonds is 7. The molecule has 0 aliphatic rings. The van der Waals surface area contributed by atoms with Crippen molar-refractivity contribution in [1.29, 1.82) is 0 Å². The van der Waals surface area contributed by atoms with E-state index in [1.165, 1.54) is 19.2 Å². The molecule has 0 unspecified atom stereocenters. The van der Waals surface area contributed by atoms with Crippen LogP contribution in [-0.4, -0.2) is 25.3 Å². The highest BCUT2D eigenvalue weighted by Gasteiger charge is 2.17. The number of hydrogen-bond donors (Lipinski definition) is 4. The second-order valence-corrected chi connectivity index (χ2v) is 5.52. The molecule has 8 heteroatoms. The summed E-state index contributed by atoms with van der Waals surface area (Å²) in [6.07, 6.45) is 0.182. The lowest BCUT2D eigenvalue weighted by molar-refractivity contribution is -0.123. The second-order valence-electron chi connectivity index (χ2n) is 5.52. The van der Waals surface area contributed by atoms with Gasteiger partial charge in [0, 0.05) is 13.6 Å². The van der Waals surface area contributed by atoms with E-state index < -0.39 is 17.5 Å². The Morgan fingerprint density at radius 2 is 1.78 bits per heavy atom. The molecule has 2 aromatic rings. The zero-order valence-electron chi connectivity index (χ0n) is 14.6. The van der Waals surface area contributed by atoms with Crippen molar-refractivity contribution in [2.24, 2.45) is 5.73 Å². The lowest BCUT2D eigenvalue weighted by Gasteiger charge is -2.12. The molecule has 0 atom stereocenters. The summed E-state index contributed by atoms with van der Waals surface area (Å²) in [5.74, 6) is -1.78. The molecule has 0 aliphatic carbocycles. The van der Waals surface area contributed by atoms with Crippen molar-refractivity contribution in [3.05, 3.63) is 71.3 Å². The Morgan fingerprint density at radius 3 is 2.41 bits per heavy atom. The van der Waals surface area contributed by atoms with Crippen LogP contribution in [0, 0.1) is 5.82 Å². The molecule has 27 heavy (non-hydrogen) atoms. The topological polar surface area (TPSA) is 113 Å². The summed E-state index contributed by atoms with van der Waals surface area (Å²) in [7, 11) is 1.44. The Hall–Kier alpha value is -3.68. The first kappa shape index (κ1) is 19.6. The van der Waals surface area contributed by atoms with Gasteiger partial charge in [0.15, 0.2) is 0 Å². The quantitative estimate of drug-likeness (QED) is 0.425. The van der Waals surface area contributed by atoms with E-state index in [9.17, 15) is 18.8 Å². The minimum absolute atomic E-state index is 0.149. The predicted octanol–water partition coefficient (Wildman–Crippen LogP) is 0.771. The summed E-state index contributed by atoms with van der Waals surface area (Å²) in [6.45, 7) is 0.182. The maximum absolute atomic E-state index is 13.1. The van der Waals surface area contributed by atoms with Crippen LogP contribution in [0.5, 0.6) is 0 Å². The van der Waals surface area contributed by atoms with Crippen molar-refractivity contribution < 1.29 is 18.8 Å². The summed E-state index contributed by atoms with van der Waals surface area (Å²) in [6, 6.07) is 13.5. The number of nitrogens with one attached hydrogen (secondary N) is 3. The number of benzene rings is 2. The molecule has 0 bridgehead atoms. The van der Waals surface area contributed by atoms with Crippen molar-refractivity contribution >= 4 is 18.2 Å². The van der Waals surface area contributed by atoms with Gasteiger partial charge < -0.3 is 16.4 Å². The van der Waals surface area contributed by atoms with Crippen molar-refractivity contribution in [3.63, 3.8) is 0 Å². The van der Waals surface area contributed by atoms with Crippen LogP contribution >= 0.6 is 0 Å². The number of imide groups is 1. The molecule has 0 aliphatic heterocycles. The number of halogens is 1. The van der Waals surface area contributed by atoms with Gasteiger partial charge in [0.05, 0.1) is 0 Å². The van der Waals surface area contributed by atoms with E-state index >= 15 is 0 Å². The Morgan fingerprint density at radius 1 is 1.07 bits per heavy atom. The maximum Gasteiger partial charge on any atom is 0.275 e. The van der Waals surface area contributed by atoms with Crippen LogP contribution in [0.2, 0.25) is 0 Å². The van der Waals surface area contributed by atoms with Crippen molar-refractivity contribution in [3.8, 4) is 11.1 Å². The fourth-order valence-electron chi connectivity index (χ4n) is 2.39. The zero-order chi connectivity index (χ0) is 19.8. The van der Waals surface area contributed by atoms with Gasteiger partial charge in [-0.15, -0.1) is 0 Å². The SMILES string of the molecule is CN/C(C(=O)NCc1cccc(-c2ccc(F)cc2)c1)=C(/N)C(=O)NC=O. The number of likely N-dealkylation sites (N-methyl/N-ethyl adjacent to an activating group) is 1. The van der Waals surface area contributed by atoms with E-state index in [1.54, 1.807) is 12.1 Å². The molecule has 5 N–H and O–H groups in total. The molecule has 2 rings (SSSR count). The highest BCUT2D eigenvalue weighted by Crippen LogP contribution is 2.20. The Labute approximate surface area is 155 Å². The molecule has 3 amide bonds. The molecule has 2 aromatic carbocycles. The maximum atomic E-state index is 13.1. The number of hydrogen-bond acceptors (Lipinski definition) is 5. The molecule has 0 spiro atoms. The van der Waals surface area contributed by atoms with Crippen molar-refractivity contribution in [1.82, 2.24) is 16.0 Å². The van der Waals surface area contributed by atoms with Gasteiger partial charge in [0.2, 0.25) is 6.41 Å². The fourth-order valence-corrected chi connectivity index (χ4v) is 2.39. The van der Waals surface area contributed by atoms with Crippen molar-refractivity contribution in [2.75, 3.05) is 7.05 Å². The normalized spacial score (nSPS) is 11.2. The summed E-state index contributed by atoms with van der Waals surface area (Å²) in [4.78, 5) is 34.2. The van der Waals surface area contributed by atoms with Crippen LogP contribution in [0.1, 0.15) is 5.56 Å². The molecular weight excluding hydrogens is 351 g/mol. The fraction of sp³-hybridized carbons (Fsp3) is 0.105. The van der Waals surface area contributed by atoms with E-state index in [0.717, 1.165) is 16.7 Å². The number of nitrogens with two attached hydrogens (primary N) is 1. The van der Waals surface area contributed by atoms with Gasteiger partial charge in [0.1, 0.15) is 17.2 Å². The van der Waals surface area contributed by atoms with E-state index in [2.05, 4.69) is 10.6 Å². The smallest absolute Gasteiger partial charge is 0.275 e. The molecule has 0 fully saturated rings. The molecule has 0 aromatic heterocycles. The summed E-state index contributed by atoms with van der Waals surface area (Å²) >= 11 is 0. The first-order chi connectivity index (χ1) is 13.0. The third-order valence-corrected chi connectivity index (χ3v) is 3.74. The average Bonchev–Trinajstić information content (AvgIpc) is 2.68. The van der Waals surface area contributed by atoms with Crippen LogP contribution < -0.4 is 21.7 Å². The van der Waals surface area contributed by atoms with Crippen LogP contribution in [0.3, 0.4) is 0 Å². The van der Waals surface area contributed by atoms with E-state index in [-0.39, 0.29) is 24.5 Å². The predicted molar refractivity (Wildman–Crippen MR) is 98.2 cm³/mol. The van der Waals surface area contributed by atoms with Gasteiger partial charge in [-0.25, -0.2) is 4.39 Å². The van der Waals surface area contributed by atoms with Gasteiger partial charge in [-0.1, -0.05) is 30.3 Å². The number of carbonyl (C=O) groups is 3. The third kappa shape index (κ3) is 5.15. The molecule has 0 radical (unpaired) electrons. The average molecular weight is 370 g/mol. The highest BCUT2D eigenvalue weighted by atomic mass is 19.1. The van der Waals surface area contributed by atoms with Gasteiger partial charge in [0.25, 0.3) is 11.8 Å². The van der Waals surface area contributed by atoms with E-state index in [4.69, 9.17) is 5.73 Å². The monoisotopic (exact) mass is 370 g/mol. The summed E-state index contributed by atoms with van der Waals surface area (Å²) < 4.78 is 13.1. The molecule has 0 saturated heterocycles. The van der Waals surface area contributed by atoms with Gasteiger partial charge >= 0.3 is 0 Å². The molecule has 0 saturated carbocycles. The standard InChI is InChI=1S/C19H19FN4O3/c1-22-17(16(21)18(26)24-11-25)19(27)23-10-12-3-2-4-14(9-12)13-5-7-15(20)8-6-13/h2-9,11,22H,10,21H2,1H3,(H,23,27)(H,24,25,26)/b17-16+. The largest absolute Gasteiger partial charge is 0.392 e. The summed E-state index contributed by atoms with van der Waals surface area (Å²) in [5, 5.41) is 7.07. The summed E-state index contributed by atoms with van der Waals surface area (Å²) in [5.41, 5.74) is 7.56. The Bertz CT molecular complexity index is 879. The Balaban J connectivity index is 2.11. The van der Waals surface area contributed by atoms with Gasteiger partial charge in [-0.05, 0) is 34.9 Å². The van der Waals surface area contributed by atoms with Crippen LogP contribution in [0.4, 0.5) is 4.39 Å². The minimum Gasteiger partial charge on any atom is -0.392 e. The third-order valence-electron chi connectivity index (χ3n) is 3.74. The van der Waals surface area contributed by atoms with E-state index in [1.807, 2.05) is 29.6 Å². The minimum atomic E-state index is -0.872. The first-order valence-electron chi connectivity index (χ1n) is 8.01. The molecule has 7 nitrogen and oxygen atoms in total. The molecule has 140 valence electrons. The number of amides is 3. The van der Waals surface area contributed by atoms with Gasteiger partial charge in [-0.2, -0.15) is 0 Å². The zero-order valence-corrected chi connectivity index (χ0v) is 14.6. The number of carbonyl (C=O) groups excluding carboxylic acids is 3. The van der Waals surface area contributed by atoms with Crippen LogP contribution in [-0.2, 0) is 20.9 Å². The molecule has 0 heterocycles. The van der Waals surface area contributed by atoms with Crippen LogP contribution in [0.25, 0.3) is 11.1 Å². The lowest BCUT2D eigenvalue weighted by atomic mass is 10.0. The second kappa shape index (κ2) is 9.14. The Kier molecular flexibility index (Phi) is 6.65. The van der Waals surface area contributed by atoms with Gasteiger partial charge in [-0.3, -0.25) is 19.7 Å². The van der Waals surface area contributed by atoms with Crippen LogP contribution in [0.15, 0.2) is 59.9 Å².